The fraction of sp³-hybridized carbons (Fsp3) is 0.500. The van der Waals surface area contributed by atoms with E-state index in [0.29, 0.717) is 13.0 Å². The summed E-state index contributed by atoms with van der Waals surface area (Å²) in [5.41, 5.74) is 3.18. The van der Waals surface area contributed by atoms with Gasteiger partial charge in [0, 0.05) is 44.1 Å². The van der Waals surface area contributed by atoms with Crippen molar-refractivity contribution in [3.8, 4) is 11.4 Å². The van der Waals surface area contributed by atoms with Crippen molar-refractivity contribution in [1.82, 2.24) is 14.9 Å². The lowest BCUT2D eigenvalue weighted by Gasteiger charge is -2.33. The van der Waals surface area contributed by atoms with Crippen LogP contribution in [-0.4, -0.2) is 40.9 Å². The van der Waals surface area contributed by atoms with E-state index in [4.69, 9.17) is 9.97 Å². The fourth-order valence-electron chi connectivity index (χ4n) is 3.36. The van der Waals surface area contributed by atoms with Gasteiger partial charge in [-0.15, -0.1) is 0 Å². The van der Waals surface area contributed by atoms with Crippen LogP contribution < -0.4 is 4.90 Å². The van der Waals surface area contributed by atoms with Crippen LogP contribution in [0.15, 0.2) is 30.3 Å². The molecule has 0 saturated carbocycles. The Balaban J connectivity index is 1.96. The van der Waals surface area contributed by atoms with Gasteiger partial charge in [0.25, 0.3) is 0 Å². The van der Waals surface area contributed by atoms with E-state index >= 15 is 0 Å². The Bertz CT molecular complexity index is 811. The highest BCUT2D eigenvalue weighted by Gasteiger charge is 2.28. The number of carbonyl (C=O) groups excluding carboxylic acids is 1. The summed E-state index contributed by atoms with van der Waals surface area (Å²) in [4.78, 5) is 26.6. The van der Waals surface area contributed by atoms with Crippen LogP contribution in [0.25, 0.3) is 11.4 Å². The normalized spacial score (nSPS) is 14.0. The Morgan fingerprint density at radius 3 is 2.52 bits per heavy atom. The van der Waals surface area contributed by atoms with Crippen molar-refractivity contribution in [2.24, 2.45) is 5.41 Å². The summed E-state index contributed by atoms with van der Waals surface area (Å²) >= 11 is 0. The van der Waals surface area contributed by atoms with Crippen molar-refractivity contribution >= 4 is 11.7 Å². The number of aromatic nitrogens is 2. The van der Waals surface area contributed by atoms with Crippen LogP contribution in [0, 0.1) is 5.41 Å². The Morgan fingerprint density at radius 1 is 1.19 bits per heavy atom. The monoisotopic (exact) mass is 366 g/mol. The van der Waals surface area contributed by atoms with E-state index in [9.17, 15) is 4.79 Å². The van der Waals surface area contributed by atoms with Crippen molar-refractivity contribution in [1.29, 1.82) is 0 Å². The molecule has 1 aromatic carbocycles. The molecule has 0 N–H and O–H groups in total. The largest absolute Gasteiger partial charge is 0.360 e. The molecule has 0 spiro atoms. The number of hydrogen-bond acceptors (Lipinski definition) is 4. The van der Waals surface area contributed by atoms with E-state index in [2.05, 4.69) is 32.6 Å². The summed E-state index contributed by atoms with van der Waals surface area (Å²) in [7, 11) is 2.05. The maximum atomic E-state index is 12.7. The molecule has 0 aliphatic carbocycles. The van der Waals surface area contributed by atoms with Crippen LogP contribution in [0.2, 0.25) is 0 Å². The van der Waals surface area contributed by atoms with Gasteiger partial charge in [-0.05, 0) is 12.3 Å². The molecule has 1 aliphatic heterocycles. The third-order valence-electron chi connectivity index (χ3n) is 4.94. The first-order valence-electron chi connectivity index (χ1n) is 9.72. The number of anilines is 1. The van der Waals surface area contributed by atoms with Crippen LogP contribution in [0.1, 0.15) is 45.4 Å². The Morgan fingerprint density at radius 2 is 1.89 bits per heavy atom. The van der Waals surface area contributed by atoms with E-state index in [1.807, 2.05) is 42.3 Å². The van der Waals surface area contributed by atoms with Crippen molar-refractivity contribution in [3.05, 3.63) is 41.6 Å². The van der Waals surface area contributed by atoms with Gasteiger partial charge in [-0.2, -0.15) is 0 Å². The Labute approximate surface area is 162 Å². The van der Waals surface area contributed by atoms with Crippen molar-refractivity contribution in [2.45, 2.75) is 47.1 Å². The number of rotatable bonds is 4. The second-order valence-electron chi connectivity index (χ2n) is 8.48. The van der Waals surface area contributed by atoms with E-state index < -0.39 is 0 Å². The minimum absolute atomic E-state index is 0.00589. The highest BCUT2D eigenvalue weighted by Crippen LogP contribution is 2.30. The molecule has 5 heteroatoms. The van der Waals surface area contributed by atoms with Gasteiger partial charge in [-0.25, -0.2) is 9.97 Å². The van der Waals surface area contributed by atoms with Crippen LogP contribution in [0.3, 0.4) is 0 Å². The average Bonchev–Trinajstić information content (AvgIpc) is 2.65. The quantitative estimate of drug-likeness (QED) is 0.823. The second kappa shape index (κ2) is 7.67. The first-order chi connectivity index (χ1) is 12.8. The molecule has 3 rings (SSSR count). The smallest absolute Gasteiger partial charge is 0.223 e. The van der Waals surface area contributed by atoms with Gasteiger partial charge < -0.3 is 9.80 Å². The van der Waals surface area contributed by atoms with E-state index in [-0.39, 0.29) is 11.3 Å². The molecule has 144 valence electrons. The summed E-state index contributed by atoms with van der Waals surface area (Å²) in [6, 6.07) is 10.1. The van der Waals surface area contributed by atoms with Gasteiger partial charge in [0.15, 0.2) is 5.82 Å². The standard InChI is InChI=1S/C22H30N4O/c1-6-25(5)21-17-15-26(19(27)14-22(2,3)4)13-12-18(17)23-20(24-21)16-10-8-7-9-11-16/h7-11H,6,12-15H2,1-5H3. The van der Waals surface area contributed by atoms with Crippen molar-refractivity contribution < 1.29 is 4.79 Å². The molecule has 0 unspecified atom stereocenters. The SMILES string of the molecule is CCN(C)c1nc(-c2ccccc2)nc2c1CN(C(=O)CC(C)(C)C)CC2. The number of nitrogens with zero attached hydrogens (tertiary/aromatic N) is 4. The van der Waals surface area contributed by atoms with E-state index in [0.717, 1.165) is 48.0 Å². The molecule has 1 aliphatic rings. The molecule has 0 atom stereocenters. The Kier molecular flexibility index (Phi) is 5.49. The van der Waals surface area contributed by atoms with Crippen LogP contribution >= 0.6 is 0 Å². The molecule has 2 heterocycles. The summed E-state index contributed by atoms with van der Waals surface area (Å²) in [6.07, 6.45) is 1.34. The highest BCUT2D eigenvalue weighted by molar-refractivity contribution is 5.77. The minimum Gasteiger partial charge on any atom is -0.360 e. The number of fused-ring (bicyclic) bond motifs is 1. The highest BCUT2D eigenvalue weighted by atomic mass is 16.2. The third-order valence-corrected chi connectivity index (χ3v) is 4.94. The van der Waals surface area contributed by atoms with E-state index in [1.54, 1.807) is 0 Å². The molecule has 1 aromatic heterocycles. The predicted molar refractivity (Wildman–Crippen MR) is 110 cm³/mol. The number of benzene rings is 1. The van der Waals surface area contributed by atoms with Crippen LogP contribution in [-0.2, 0) is 17.8 Å². The zero-order valence-corrected chi connectivity index (χ0v) is 17.1. The average molecular weight is 367 g/mol. The molecule has 27 heavy (non-hydrogen) atoms. The lowest BCUT2D eigenvalue weighted by molar-refractivity contribution is -0.134. The second-order valence-corrected chi connectivity index (χ2v) is 8.48. The van der Waals surface area contributed by atoms with Gasteiger partial charge in [0.05, 0.1) is 12.2 Å². The van der Waals surface area contributed by atoms with Gasteiger partial charge in [0.1, 0.15) is 5.82 Å². The van der Waals surface area contributed by atoms with Crippen molar-refractivity contribution in [2.75, 3.05) is 25.0 Å². The number of amides is 1. The molecule has 1 amide bonds. The third kappa shape index (κ3) is 4.46. The lowest BCUT2D eigenvalue weighted by atomic mass is 9.91. The summed E-state index contributed by atoms with van der Waals surface area (Å²) in [6.45, 7) is 10.6. The molecule has 0 radical (unpaired) electrons. The van der Waals surface area contributed by atoms with Gasteiger partial charge >= 0.3 is 0 Å². The minimum atomic E-state index is -0.00589. The lowest BCUT2D eigenvalue weighted by Crippen LogP contribution is -2.39. The zero-order chi connectivity index (χ0) is 19.6. The maximum Gasteiger partial charge on any atom is 0.223 e. The molecular formula is C22H30N4O. The predicted octanol–water partition coefficient (Wildman–Crippen LogP) is 3.92. The van der Waals surface area contributed by atoms with Crippen LogP contribution in [0.4, 0.5) is 5.82 Å². The molecule has 0 bridgehead atoms. The molecular weight excluding hydrogens is 336 g/mol. The molecule has 5 nitrogen and oxygen atoms in total. The first kappa shape index (κ1) is 19.3. The molecule has 0 saturated heterocycles. The molecule has 2 aromatic rings. The molecule has 0 fully saturated rings. The summed E-state index contributed by atoms with van der Waals surface area (Å²) < 4.78 is 0. The van der Waals surface area contributed by atoms with Crippen molar-refractivity contribution in [3.63, 3.8) is 0 Å². The van der Waals surface area contributed by atoms with Gasteiger partial charge in [-0.3, -0.25) is 4.79 Å². The van der Waals surface area contributed by atoms with Crippen LogP contribution in [0.5, 0.6) is 0 Å². The maximum absolute atomic E-state index is 12.7. The number of hydrogen-bond donors (Lipinski definition) is 0. The summed E-state index contributed by atoms with van der Waals surface area (Å²) in [5.74, 6) is 1.92. The Hall–Kier alpha value is -2.43. The summed E-state index contributed by atoms with van der Waals surface area (Å²) in [5, 5.41) is 0. The topological polar surface area (TPSA) is 49.3 Å². The first-order valence-corrected chi connectivity index (χ1v) is 9.72. The number of carbonyl (C=O) groups is 1. The fourth-order valence-corrected chi connectivity index (χ4v) is 3.36. The van der Waals surface area contributed by atoms with Gasteiger partial charge in [0.2, 0.25) is 5.91 Å². The van der Waals surface area contributed by atoms with Gasteiger partial charge in [-0.1, -0.05) is 51.1 Å². The zero-order valence-electron chi connectivity index (χ0n) is 17.1. The van der Waals surface area contributed by atoms with E-state index in [1.165, 1.54) is 0 Å².